The Labute approximate surface area is 377 Å². The van der Waals surface area contributed by atoms with Crippen molar-refractivity contribution in [1.29, 1.82) is 0 Å². The van der Waals surface area contributed by atoms with Crippen molar-refractivity contribution in [3.8, 4) is 0 Å². The summed E-state index contributed by atoms with van der Waals surface area (Å²) in [7, 11) is -2.85. The van der Waals surface area contributed by atoms with E-state index in [2.05, 4.69) is 109 Å². The van der Waals surface area contributed by atoms with Crippen LogP contribution in [0.2, 0.25) is 5.04 Å². The lowest BCUT2D eigenvalue weighted by atomic mass is 10.0. The van der Waals surface area contributed by atoms with Crippen molar-refractivity contribution in [1.82, 2.24) is 0 Å². The first-order valence-corrected chi connectivity index (χ1v) is 27.7. The second kappa shape index (κ2) is 34.0. The largest absolute Gasteiger partial charge is 0.462 e. The third-order valence-corrected chi connectivity index (χ3v) is 17.8. The molecule has 2 aromatic rings. The van der Waals surface area contributed by atoms with Gasteiger partial charge in [-0.25, -0.2) is 0 Å². The first-order chi connectivity index (χ1) is 29.6. The normalized spacial score (nSPS) is 12.2. The number of hydrogen-bond acceptors (Lipinski definition) is 5. The molecule has 0 radical (unpaired) electrons. The zero-order valence-electron chi connectivity index (χ0n) is 40.8. The molecule has 0 aliphatic heterocycles. The zero-order chi connectivity index (χ0) is 44.4. The standard InChI is InChI=1S/C55H94O5Si/c1-8-12-16-20-26-36-48(37-27-21-17-13-9-2)58-53(56)46-34-40-50(60-61(55(5,6)7,51-42-30-24-31-43-51)52-44-32-25-33-45-52)41-35-47-54(57)59-49(38-28-22-18-14-10-3)39-29-23-19-15-11-4/h24-25,30-33,42-45,48-50H,8-23,26-29,34-41,46-47H2,1-7H3. The van der Waals surface area contributed by atoms with Crippen molar-refractivity contribution in [2.24, 2.45) is 0 Å². The second-order valence-electron chi connectivity index (χ2n) is 19.2. The molecule has 2 aromatic carbocycles. The van der Waals surface area contributed by atoms with Crippen LogP contribution >= 0.6 is 0 Å². The lowest BCUT2D eigenvalue weighted by Gasteiger charge is -2.45. The fourth-order valence-electron chi connectivity index (χ4n) is 9.07. The highest BCUT2D eigenvalue weighted by atomic mass is 28.4. The van der Waals surface area contributed by atoms with Crippen LogP contribution in [-0.2, 0) is 23.5 Å². The van der Waals surface area contributed by atoms with Crippen LogP contribution in [-0.4, -0.2) is 38.6 Å². The molecule has 0 amide bonds. The lowest BCUT2D eigenvalue weighted by molar-refractivity contribution is -0.150. The van der Waals surface area contributed by atoms with E-state index in [4.69, 9.17) is 13.9 Å². The van der Waals surface area contributed by atoms with E-state index < -0.39 is 8.32 Å². The Morgan fingerprint density at radius 1 is 0.426 bits per heavy atom. The number of rotatable bonds is 38. The second-order valence-corrected chi connectivity index (χ2v) is 23.5. The molecule has 0 heterocycles. The van der Waals surface area contributed by atoms with Crippen LogP contribution in [0.25, 0.3) is 0 Å². The summed E-state index contributed by atoms with van der Waals surface area (Å²) in [5.74, 6) is -0.148. The summed E-state index contributed by atoms with van der Waals surface area (Å²) in [5, 5.41) is 2.33. The van der Waals surface area contributed by atoms with Crippen LogP contribution < -0.4 is 10.4 Å². The molecule has 61 heavy (non-hydrogen) atoms. The molecule has 0 fully saturated rings. The predicted molar refractivity (Wildman–Crippen MR) is 263 cm³/mol. The van der Waals surface area contributed by atoms with Crippen LogP contribution in [0, 0.1) is 0 Å². The molecular weight excluding hydrogens is 769 g/mol. The highest BCUT2D eigenvalue weighted by Crippen LogP contribution is 2.39. The van der Waals surface area contributed by atoms with Gasteiger partial charge in [0.05, 0.1) is 0 Å². The molecule has 0 aliphatic carbocycles. The minimum Gasteiger partial charge on any atom is -0.462 e. The summed E-state index contributed by atoms with van der Waals surface area (Å²) in [6.07, 6.45) is 31.9. The Morgan fingerprint density at radius 3 is 1.02 bits per heavy atom. The Morgan fingerprint density at radius 2 is 0.721 bits per heavy atom. The molecule has 0 atom stereocenters. The third kappa shape index (κ3) is 23.2. The Kier molecular flexibility index (Phi) is 30.5. The third-order valence-electron chi connectivity index (χ3n) is 12.7. The average Bonchev–Trinajstić information content (AvgIpc) is 3.25. The van der Waals surface area contributed by atoms with Gasteiger partial charge in [-0.1, -0.05) is 212 Å². The molecule has 2 rings (SSSR count). The van der Waals surface area contributed by atoms with Crippen LogP contribution in [0.3, 0.4) is 0 Å². The van der Waals surface area contributed by atoms with E-state index in [0.717, 1.165) is 64.2 Å². The van der Waals surface area contributed by atoms with Gasteiger partial charge >= 0.3 is 11.9 Å². The molecule has 0 saturated heterocycles. The Balaban J connectivity index is 2.24. The SMILES string of the molecule is CCCCCCCC(CCCCCCC)OC(=O)CCCC(CCCC(=O)OC(CCCCCCC)CCCCCCC)O[Si](c1ccccc1)(c1ccccc1)C(C)(C)C. The molecule has 0 aromatic heterocycles. The summed E-state index contributed by atoms with van der Waals surface area (Å²) in [5.41, 5.74) is 0. The van der Waals surface area contributed by atoms with Crippen LogP contribution in [0.4, 0.5) is 0 Å². The smallest absolute Gasteiger partial charge is 0.306 e. The van der Waals surface area contributed by atoms with Crippen molar-refractivity contribution < 1.29 is 23.5 Å². The van der Waals surface area contributed by atoms with Crippen molar-refractivity contribution in [3.05, 3.63) is 60.7 Å². The monoisotopic (exact) mass is 863 g/mol. The van der Waals surface area contributed by atoms with Gasteiger partial charge in [0.25, 0.3) is 8.32 Å². The maximum Gasteiger partial charge on any atom is 0.306 e. The summed E-state index contributed by atoms with van der Waals surface area (Å²) in [6.45, 7) is 16.0. The topological polar surface area (TPSA) is 61.8 Å². The van der Waals surface area contributed by atoms with Gasteiger partial charge in [0.2, 0.25) is 0 Å². The van der Waals surface area contributed by atoms with E-state index in [0.29, 0.717) is 25.7 Å². The maximum absolute atomic E-state index is 13.5. The van der Waals surface area contributed by atoms with Crippen LogP contribution in [0.15, 0.2) is 60.7 Å². The molecule has 5 nitrogen and oxygen atoms in total. The van der Waals surface area contributed by atoms with Crippen molar-refractivity contribution in [2.45, 2.75) is 264 Å². The van der Waals surface area contributed by atoms with Gasteiger partial charge in [0, 0.05) is 18.9 Å². The molecule has 0 spiro atoms. The molecule has 0 bridgehead atoms. The Hall–Kier alpha value is -2.44. The van der Waals surface area contributed by atoms with Crippen molar-refractivity contribution >= 4 is 30.6 Å². The van der Waals surface area contributed by atoms with E-state index in [1.165, 1.54) is 113 Å². The van der Waals surface area contributed by atoms with Gasteiger partial charge in [-0.15, -0.1) is 0 Å². The maximum atomic E-state index is 13.5. The average molecular weight is 863 g/mol. The first-order valence-electron chi connectivity index (χ1n) is 25.8. The number of hydrogen-bond donors (Lipinski definition) is 0. The van der Waals surface area contributed by atoms with Gasteiger partial charge in [0.1, 0.15) is 12.2 Å². The predicted octanol–water partition coefficient (Wildman–Crippen LogP) is 15.5. The minimum atomic E-state index is -2.85. The van der Waals surface area contributed by atoms with Gasteiger partial charge in [-0.05, 0) is 92.5 Å². The number of esters is 2. The Bertz CT molecular complexity index is 1220. The van der Waals surface area contributed by atoms with E-state index in [1.807, 2.05) is 0 Å². The van der Waals surface area contributed by atoms with Gasteiger partial charge < -0.3 is 13.9 Å². The van der Waals surface area contributed by atoms with Crippen LogP contribution in [0.5, 0.6) is 0 Å². The number of unbranched alkanes of at least 4 members (excludes halogenated alkanes) is 16. The highest BCUT2D eigenvalue weighted by Gasteiger charge is 2.51. The summed E-state index contributed by atoms with van der Waals surface area (Å²) in [4.78, 5) is 27.1. The molecule has 0 saturated carbocycles. The number of carbonyl (C=O) groups excluding carboxylic acids is 2. The minimum absolute atomic E-state index is 0.0161. The van der Waals surface area contributed by atoms with Gasteiger partial charge in [0.15, 0.2) is 0 Å². The molecule has 0 aliphatic rings. The number of benzene rings is 2. The fraction of sp³-hybridized carbons (Fsp3) is 0.745. The van der Waals surface area contributed by atoms with E-state index in [9.17, 15) is 9.59 Å². The molecule has 6 heteroatoms. The van der Waals surface area contributed by atoms with Crippen molar-refractivity contribution in [3.63, 3.8) is 0 Å². The molecular formula is C55H94O5Si. The van der Waals surface area contributed by atoms with Gasteiger partial charge in [-0.2, -0.15) is 0 Å². The molecule has 348 valence electrons. The first kappa shape index (κ1) is 54.7. The van der Waals surface area contributed by atoms with E-state index >= 15 is 0 Å². The lowest BCUT2D eigenvalue weighted by Crippen LogP contribution is -2.67. The fourth-order valence-corrected chi connectivity index (χ4v) is 13.8. The summed E-state index contributed by atoms with van der Waals surface area (Å²) >= 11 is 0. The highest BCUT2D eigenvalue weighted by molar-refractivity contribution is 6.99. The summed E-state index contributed by atoms with van der Waals surface area (Å²) in [6, 6.07) is 21.6. The van der Waals surface area contributed by atoms with E-state index in [1.54, 1.807) is 0 Å². The number of ether oxygens (including phenoxy) is 2. The quantitative estimate of drug-likeness (QED) is 0.0382. The van der Waals surface area contributed by atoms with E-state index in [-0.39, 0.29) is 35.3 Å². The van der Waals surface area contributed by atoms with Crippen molar-refractivity contribution in [2.75, 3.05) is 0 Å². The zero-order valence-corrected chi connectivity index (χ0v) is 41.8. The van der Waals surface area contributed by atoms with Gasteiger partial charge in [-0.3, -0.25) is 9.59 Å². The molecule has 0 N–H and O–H groups in total. The van der Waals surface area contributed by atoms with Crippen LogP contribution in [0.1, 0.15) is 241 Å². The molecule has 0 unspecified atom stereocenters. The number of carbonyl (C=O) groups is 2. The summed E-state index contributed by atoms with van der Waals surface area (Å²) < 4.78 is 20.2.